The van der Waals surface area contributed by atoms with Crippen molar-refractivity contribution < 1.29 is 9.53 Å². The van der Waals surface area contributed by atoms with E-state index in [0.717, 1.165) is 16.3 Å². The summed E-state index contributed by atoms with van der Waals surface area (Å²) in [4.78, 5) is 16.4. The molecule has 1 atom stereocenters. The largest absolute Gasteiger partial charge is 0.481 e. The van der Waals surface area contributed by atoms with E-state index >= 15 is 0 Å². The first-order valence-corrected chi connectivity index (χ1v) is 8.08. The van der Waals surface area contributed by atoms with Gasteiger partial charge in [-0.1, -0.05) is 43.3 Å². The van der Waals surface area contributed by atoms with Crippen LogP contribution in [0.15, 0.2) is 67.0 Å². The molecule has 3 aromatic rings. The van der Waals surface area contributed by atoms with Gasteiger partial charge in [0, 0.05) is 18.9 Å². The van der Waals surface area contributed by atoms with Gasteiger partial charge in [0.15, 0.2) is 6.10 Å². The van der Waals surface area contributed by atoms with E-state index in [4.69, 9.17) is 4.74 Å². The maximum atomic E-state index is 12.4. The Balaban J connectivity index is 1.65. The first kappa shape index (κ1) is 16.0. The summed E-state index contributed by atoms with van der Waals surface area (Å²) in [5, 5.41) is 5.15. The van der Waals surface area contributed by atoms with Crippen LogP contribution in [0.2, 0.25) is 0 Å². The summed E-state index contributed by atoms with van der Waals surface area (Å²) in [5.41, 5.74) is 0.964. The highest BCUT2D eigenvalue weighted by atomic mass is 16.5. The van der Waals surface area contributed by atoms with Gasteiger partial charge in [0.05, 0.1) is 0 Å². The predicted molar refractivity (Wildman–Crippen MR) is 94.7 cm³/mol. The number of fused-ring (bicyclic) bond motifs is 1. The molecule has 4 nitrogen and oxygen atoms in total. The predicted octanol–water partition coefficient (Wildman–Crippen LogP) is 3.71. The van der Waals surface area contributed by atoms with Gasteiger partial charge < -0.3 is 10.1 Å². The summed E-state index contributed by atoms with van der Waals surface area (Å²) in [7, 11) is 0. The molecule has 0 aliphatic rings. The minimum Gasteiger partial charge on any atom is -0.481 e. The number of hydrogen-bond acceptors (Lipinski definition) is 3. The second-order valence-corrected chi connectivity index (χ2v) is 5.60. The van der Waals surface area contributed by atoms with Crippen molar-refractivity contribution in [3.8, 4) is 5.75 Å². The van der Waals surface area contributed by atoms with Crippen LogP contribution in [0.4, 0.5) is 0 Å². The number of benzene rings is 2. The van der Waals surface area contributed by atoms with Gasteiger partial charge in [-0.15, -0.1) is 0 Å². The first-order valence-electron chi connectivity index (χ1n) is 8.08. The summed E-state index contributed by atoms with van der Waals surface area (Å²) in [6.45, 7) is 2.39. The smallest absolute Gasteiger partial charge is 0.261 e. The monoisotopic (exact) mass is 320 g/mol. The van der Waals surface area contributed by atoms with Gasteiger partial charge in [-0.25, -0.2) is 0 Å². The number of hydrogen-bond donors (Lipinski definition) is 1. The number of ether oxygens (including phenoxy) is 1. The van der Waals surface area contributed by atoms with Gasteiger partial charge >= 0.3 is 0 Å². The molecule has 1 heterocycles. The lowest BCUT2D eigenvalue weighted by Crippen LogP contribution is -2.37. The minimum atomic E-state index is -0.511. The molecule has 0 bridgehead atoms. The molecule has 24 heavy (non-hydrogen) atoms. The Morgan fingerprint density at radius 3 is 2.71 bits per heavy atom. The zero-order valence-corrected chi connectivity index (χ0v) is 13.6. The average Bonchev–Trinajstić information content (AvgIpc) is 2.65. The van der Waals surface area contributed by atoms with Crippen molar-refractivity contribution in [3.63, 3.8) is 0 Å². The molecule has 0 radical (unpaired) electrons. The van der Waals surface area contributed by atoms with Gasteiger partial charge in [0.25, 0.3) is 5.91 Å². The lowest BCUT2D eigenvalue weighted by atomic mass is 10.1. The molecule has 1 N–H and O–H groups in total. The summed E-state index contributed by atoms with van der Waals surface area (Å²) in [6, 6.07) is 17.7. The zero-order chi connectivity index (χ0) is 16.8. The first-order chi connectivity index (χ1) is 11.8. The van der Waals surface area contributed by atoms with Crippen LogP contribution in [0, 0.1) is 0 Å². The fourth-order valence-corrected chi connectivity index (χ4v) is 2.53. The van der Waals surface area contributed by atoms with E-state index in [1.54, 1.807) is 12.4 Å². The quantitative estimate of drug-likeness (QED) is 0.753. The highest BCUT2D eigenvalue weighted by molar-refractivity contribution is 5.84. The lowest BCUT2D eigenvalue weighted by molar-refractivity contribution is -0.128. The summed E-state index contributed by atoms with van der Waals surface area (Å²) in [6.07, 6.45) is 3.54. The molecular formula is C20H20N2O2. The molecule has 0 aliphatic heterocycles. The Kier molecular flexibility index (Phi) is 5.06. The van der Waals surface area contributed by atoms with Crippen molar-refractivity contribution in [1.82, 2.24) is 10.3 Å². The molecule has 0 aliphatic carbocycles. The molecule has 4 heteroatoms. The van der Waals surface area contributed by atoms with Crippen molar-refractivity contribution in [2.24, 2.45) is 0 Å². The van der Waals surface area contributed by atoms with Crippen LogP contribution in [0.25, 0.3) is 10.8 Å². The fraction of sp³-hybridized carbons (Fsp3) is 0.200. The maximum absolute atomic E-state index is 12.4. The van der Waals surface area contributed by atoms with Gasteiger partial charge in [-0.05, 0) is 41.0 Å². The fourth-order valence-electron chi connectivity index (χ4n) is 2.53. The number of aromatic nitrogens is 1. The average molecular weight is 320 g/mol. The Bertz CT molecular complexity index is 818. The van der Waals surface area contributed by atoms with Crippen LogP contribution in [0.3, 0.4) is 0 Å². The third-order valence-corrected chi connectivity index (χ3v) is 3.85. The number of amides is 1. The van der Waals surface area contributed by atoms with Crippen LogP contribution < -0.4 is 10.1 Å². The van der Waals surface area contributed by atoms with E-state index in [1.165, 1.54) is 0 Å². The Labute approximate surface area is 141 Å². The molecule has 2 aromatic carbocycles. The Hall–Kier alpha value is -2.88. The standard InChI is InChI=1S/C20H20N2O2/c1-2-19(20(23)22-14-15-6-5-11-21-13-15)24-18-10-9-16-7-3-4-8-17(16)12-18/h3-13,19H,2,14H2,1H3,(H,22,23). The second-order valence-electron chi connectivity index (χ2n) is 5.60. The third-order valence-electron chi connectivity index (χ3n) is 3.85. The normalized spacial score (nSPS) is 11.9. The van der Waals surface area contributed by atoms with Gasteiger partial charge in [0.1, 0.15) is 5.75 Å². The topological polar surface area (TPSA) is 51.2 Å². The Morgan fingerprint density at radius 1 is 1.12 bits per heavy atom. The number of nitrogens with zero attached hydrogens (tertiary/aromatic N) is 1. The number of rotatable bonds is 6. The van der Waals surface area contributed by atoms with Crippen LogP contribution in [0.1, 0.15) is 18.9 Å². The molecule has 1 aromatic heterocycles. The van der Waals surface area contributed by atoms with Crippen molar-refractivity contribution in [3.05, 3.63) is 72.6 Å². The SMILES string of the molecule is CCC(Oc1ccc2ccccc2c1)C(=O)NCc1cccnc1. The molecule has 0 spiro atoms. The van der Waals surface area contributed by atoms with E-state index in [1.807, 2.05) is 55.5 Å². The molecule has 1 amide bonds. The third kappa shape index (κ3) is 3.90. The molecule has 0 saturated heterocycles. The zero-order valence-electron chi connectivity index (χ0n) is 13.6. The molecular weight excluding hydrogens is 300 g/mol. The number of pyridine rings is 1. The molecule has 3 rings (SSSR count). The number of nitrogens with one attached hydrogen (secondary N) is 1. The van der Waals surface area contributed by atoms with Crippen LogP contribution in [-0.4, -0.2) is 17.0 Å². The highest BCUT2D eigenvalue weighted by Gasteiger charge is 2.18. The number of carbonyl (C=O) groups is 1. The van der Waals surface area contributed by atoms with Gasteiger partial charge in [-0.2, -0.15) is 0 Å². The number of carbonyl (C=O) groups excluding carboxylic acids is 1. The van der Waals surface area contributed by atoms with Crippen LogP contribution >= 0.6 is 0 Å². The highest BCUT2D eigenvalue weighted by Crippen LogP contribution is 2.22. The Morgan fingerprint density at radius 2 is 1.96 bits per heavy atom. The minimum absolute atomic E-state index is 0.116. The maximum Gasteiger partial charge on any atom is 0.261 e. The van der Waals surface area contributed by atoms with E-state index in [-0.39, 0.29) is 5.91 Å². The van der Waals surface area contributed by atoms with E-state index in [0.29, 0.717) is 18.7 Å². The summed E-state index contributed by atoms with van der Waals surface area (Å²) < 4.78 is 5.89. The molecule has 0 fully saturated rings. The summed E-state index contributed by atoms with van der Waals surface area (Å²) >= 11 is 0. The van der Waals surface area contributed by atoms with E-state index in [9.17, 15) is 4.79 Å². The molecule has 122 valence electrons. The second kappa shape index (κ2) is 7.59. The van der Waals surface area contributed by atoms with Gasteiger partial charge in [-0.3, -0.25) is 9.78 Å². The van der Waals surface area contributed by atoms with Crippen LogP contribution in [0.5, 0.6) is 5.75 Å². The summed E-state index contributed by atoms with van der Waals surface area (Å²) in [5.74, 6) is 0.589. The van der Waals surface area contributed by atoms with Crippen molar-refractivity contribution >= 4 is 16.7 Å². The van der Waals surface area contributed by atoms with Gasteiger partial charge in [0.2, 0.25) is 0 Å². The lowest BCUT2D eigenvalue weighted by Gasteiger charge is -2.17. The van der Waals surface area contributed by atoms with E-state index < -0.39 is 6.10 Å². The van der Waals surface area contributed by atoms with Crippen LogP contribution in [-0.2, 0) is 11.3 Å². The molecule has 0 saturated carbocycles. The van der Waals surface area contributed by atoms with E-state index in [2.05, 4.69) is 16.4 Å². The van der Waals surface area contributed by atoms with Crippen molar-refractivity contribution in [1.29, 1.82) is 0 Å². The molecule has 1 unspecified atom stereocenters. The van der Waals surface area contributed by atoms with Crippen molar-refractivity contribution in [2.45, 2.75) is 26.0 Å². The van der Waals surface area contributed by atoms with Crippen molar-refractivity contribution in [2.75, 3.05) is 0 Å².